The smallest absolute Gasteiger partial charge is 0.331 e. The van der Waals surface area contributed by atoms with E-state index in [2.05, 4.69) is 5.32 Å². The predicted octanol–water partition coefficient (Wildman–Crippen LogP) is 1.13. The quantitative estimate of drug-likeness (QED) is 0.570. The number of aromatic nitrogens is 2. The molecule has 1 aromatic carbocycles. The van der Waals surface area contributed by atoms with Crippen molar-refractivity contribution in [2.24, 2.45) is 0 Å². The van der Waals surface area contributed by atoms with Gasteiger partial charge in [0.25, 0.3) is 5.56 Å². The van der Waals surface area contributed by atoms with E-state index in [-0.39, 0.29) is 12.1 Å². The van der Waals surface area contributed by atoms with Crippen LogP contribution < -0.4 is 16.6 Å². The molecule has 2 heterocycles. The van der Waals surface area contributed by atoms with E-state index in [1.807, 2.05) is 36.4 Å². The number of hydrogen-bond acceptors (Lipinski definition) is 5. The van der Waals surface area contributed by atoms with Crippen molar-refractivity contribution in [1.82, 2.24) is 14.5 Å². The van der Waals surface area contributed by atoms with Crippen molar-refractivity contribution >= 4 is 17.7 Å². The molecule has 1 N–H and O–H groups in total. The number of nitrogens with one attached hydrogen (secondary N) is 1. The number of amides is 1. The van der Waals surface area contributed by atoms with Crippen LogP contribution >= 0.6 is 11.8 Å². The second-order valence-corrected chi connectivity index (χ2v) is 7.40. The minimum Gasteiger partial charge on any atom is -0.355 e. The third kappa shape index (κ3) is 4.31. The van der Waals surface area contributed by atoms with E-state index in [0.717, 1.165) is 23.2 Å². The predicted molar refractivity (Wildman–Crippen MR) is 103 cm³/mol. The summed E-state index contributed by atoms with van der Waals surface area (Å²) >= 11 is 1.70. The lowest BCUT2D eigenvalue weighted by Gasteiger charge is -2.11. The molecular formula is C19H20N4O3S. The molecular weight excluding hydrogens is 364 g/mol. The standard InChI is InChI=1S/C19H20N4O3S/c20-12-15-16-8-4-10-22(16)19(26)23(18(15)25)13-17(24)21-9-5-11-27-14-6-2-1-3-7-14/h1-3,6-7H,4-5,8-11,13H2,(H,21,24). The summed E-state index contributed by atoms with van der Waals surface area (Å²) in [6, 6.07) is 11.9. The summed E-state index contributed by atoms with van der Waals surface area (Å²) in [6.07, 6.45) is 2.03. The highest BCUT2D eigenvalue weighted by Crippen LogP contribution is 2.17. The van der Waals surface area contributed by atoms with Gasteiger partial charge in [-0.1, -0.05) is 18.2 Å². The third-order valence-electron chi connectivity index (χ3n) is 4.40. The van der Waals surface area contributed by atoms with Crippen molar-refractivity contribution in [3.63, 3.8) is 0 Å². The van der Waals surface area contributed by atoms with Crippen molar-refractivity contribution in [3.05, 3.63) is 62.4 Å². The molecule has 3 rings (SSSR count). The van der Waals surface area contributed by atoms with Crippen LogP contribution in [0.25, 0.3) is 0 Å². The SMILES string of the molecule is N#Cc1c2n(c(=O)n(CC(=O)NCCCSc3ccccc3)c1=O)CCC2. The van der Waals surface area contributed by atoms with Crippen LogP contribution in [0.15, 0.2) is 44.8 Å². The minimum absolute atomic E-state index is 0.0286. The Bertz CT molecular complexity index is 989. The van der Waals surface area contributed by atoms with Gasteiger partial charge >= 0.3 is 5.69 Å². The fourth-order valence-electron chi connectivity index (χ4n) is 3.09. The number of benzene rings is 1. The van der Waals surface area contributed by atoms with E-state index in [0.29, 0.717) is 25.2 Å². The zero-order chi connectivity index (χ0) is 19.2. The highest BCUT2D eigenvalue weighted by atomic mass is 32.2. The van der Waals surface area contributed by atoms with E-state index < -0.39 is 17.2 Å². The van der Waals surface area contributed by atoms with Crippen molar-refractivity contribution in [1.29, 1.82) is 5.26 Å². The summed E-state index contributed by atoms with van der Waals surface area (Å²) in [5.41, 5.74) is -0.729. The highest BCUT2D eigenvalue weighted by molar-refractivity contribution is 7.99. The number of carbonyl (C=O) groups is 1. The molecule has 0 bridgehead atoms. The lowest BCUT2D eigenvalue weighted by Crippen LogP contribution is -2.45. The molecule has 140 valence electrons. The molecule has 1 amide bonds. The number of rotatable bonds is 7. The van der Waals surface area contributed by atoms with Gasteiger partial charge in [-0.3, -0.25) is 14.2 Å². The van der Waals surface area contributed by atoms with E-state index in [4.69, 9.17) is 0 Å². The van der Waals surface area contributed by atoms with Gasteiger partial charge in [-0.25, -0.2) is 9.36 Å². The van der Waals surface area contributed by atoms with Gasteiger partial charge in [-0.15, -0.1) is 11.8 Å². The topological polar surface area (TPSA) is 96.9 Å². The molecule has 2 aromatic rings. The molecule has 27 heavy (non-hydrogen) atoms. The fourth-order valence-corrected chi connectivity index (χ4v) is 3.97. The molecule has 0 spiro atoms. The molecule has 1 aliphatic rings. The molecule has 7 nitrogen and oxygen atoms in total. The number of hydrogen-bond donors (Lipinski definition) is 1. The van der Waals surface area contributed by atoms with Crippen LogP contribution in [-0.2, 0) is 24.3 Å². The molecule has 0 atom stereocenters. The maximum Gasteiger partial charge on any atom is 0.331 e. The average Bonchev–Trinajstić information content (AvgIpc) is 3.16. The Balaban J connectivity index is 1.56. The van der Waals surface area contributed by atoms with Gasteiger partial charge in [0.2, 0.25) is 5.91 Å². The second kappa shape index (κ2) is 8.73. The summed E-state index contributed by atoms with van der Waals surface area (Å²) in [5.74, 6) is 0.450. The summed E-state index contributed by atoms with van der Waals surface area (Å²) in [4.78, 5) is 38.2. The van der Waals surface area contributed by atoms with Crippen LogP contribution in [0.3, 0.4) is 0 Å². The maximum atomic E-state index is 12.5. The van der Waals surface area contributed by atoms with Crippen LogP contribution in [0.5, 0.6) is 0 Å². The third-order valence-corrected chi connectivity index (χ3v) is 5.50. The Morgan fingerprint density at radius 2 is 2.04 bits per heavy atom. The van der Waals surface area contributed by atoms with Gasteiger partial charge in [-0.05, 0) is 37.1 Å². The Hall–Kier alpha value is -2.79. The van der Waals surface area contributed by atoms with E-state index >= 15 is 0 Å². The van der Waals surface area contributed by atoms with E-state index in [1.54, 1.807) is 11.8 Å². The van der Waals surface area contributed by atoms with Gasteiger partial charge in [0.15, 0.2) is 0 Å². The Morgan fingerprint density at radius 3 is 2.78 bits per heavy atom. The lowest BCUT2D eigenvalue weighted by atomic mass is 10.2. The number of thioether (sulfide) groups is 1. The molecule has 1 aliphatic heterocycles. The van der Waals surface area contributed by atoms with Crippen LogP contribution in [0.4, 0.5) is 0 Å². The van der Waals surface area contributed by atoms with Crippen LogP contribution in [0.2, 0.25) is 0 Å². The first kappa shape index (κ1) is 19.0. The number of nitrogens with zero attached hydrogens (tertiary/aromatic N) is 3. The van der Waals surface area contributed by atoms with Gasteiger partial charge in [0, 0.05) is 23.7 Å². The molecule has 1 aromatic heterocycles. The number of fused-ring (bicyclic) bond motifs is 1. The van der Waals surface area contributed by atoms with Gasteiger partial charge in [-0.2, -0.15) is 5.26 Å². The summed E-state index contributed by atoms with van der Waals surface area (Å²) in [5, 5.41) is 12.0. The normalized spacial score (nSPS) is 12.4. The molecule has 8 heteroatoms. The molecule has 0 radical (unpaired) electrons. The average molecular weight is 384 g/mol. The first-order valence-corrected chi connectivity index (χ1v) is 9.81. The first-order chi connectivity index (χ1) is 13.1. The first-order valence-electron chi connectivity index (χ1n) is 8.83. The minimum atomic E-state index is -0.676. The largest absolute Gasteiger partial charge is 0.355 e. The Morgan fingerprint density at radius 1 is 1.26 bits per heavy atom. The van der Waals surface area contributed by atoms with E-state index in [9.17, 15) is 19.6 Å². The maximum absolute atomic E-state index is 12.5. The highest BCUT2D eigenvalue weighted by Gasteiger charge is 2.23. The van der Waals surface area contributed by atoms with Crippen LogP contribution in [0.1, 0.15) is 24.1 Å². The van der Waals surface area contributed by atoms with Gasteiger partial charge in [0.05, 0.1) is 0 Å². The van der Waals surface area contributed by atoms with Crippen molar-refractivity contribution < 1.29 is 4.79 Å². The van der Waals surface area contributed by atoms with Crippen LogP contribution in [0, 0.1) is 11.3 Å². The monoisotopic (exact) mass is 384 g/mol. The van der Waals surface area contributed by atoms with Crippen molar-refractivity contribution in [2.45, 2.75) is 37.2 Å². The zero-order valence-corrected chi connectivity index (χ0v) is 15.6. The molecule has 0 saturated carbocycles. The fraction of sp³-hybridized carbons (Fsp3) is 0.368. The molecule has 0 unspecified atom stereocenters. The lowest BCUT2D eigenvalue weighted by molar-refractivity contribution is -0.121. The number of carbonyl (C=O) groups excluding carboxylic acids is 1. The Kier molecular flexibility index (Phi) is 6.14. The zero-order valence-electron chi connectivity index (χ0n) is 14.8. The summed E-state index contributed by atoms with van der Waals surface area (Å²) in [7, 11) is 0. The van der Waals surface area contributed by atoms with Gasteiger partial charge < -0.3 is 5.32 Å². The molecule has 0 saturated heterocycles. The number of nitriles is 1. The van der Waals surface area contributed by atoms with Crippen molar-refractivity contribution in [2.75, 3.05) is 12.3 Å². The molecule has 0 fully saturated rings. The van der Waals surface area contributed by atoms with Crippen molar-refractivity contribution in [3.8, 4) is 6.07 Å². The van der Waals surface area contributed by atoms with Gasteiger partial charge in [0.1, 0.15) is 18.2 Å². The molecule has 0 aliphatic carbocycles. The van der Waals surface area contributed by atoms with Crippen LogP contribution in [-0.4, -0.2) is 27.3 Å². The second-order valence-electron chi connectivity index (χ2n) is 6.23. The summed E-state index contributed by atoms with van der Waals surface area (Å²) < 4.78 is 2.30. The Labute approximate surface area is 160 Å². The summed E-state index contributed by atoms with van der Waals surface area (Å²) in [6.45, 7) is 0.574. The van der Waals surface area contributed by atoms with E-state index in [1.165, 1.54) is 9.46 Å².